The predicted molar refractivity (Wildman–Crippen MR) is 81.0 cm³/mol. The van der Waals surface area contributed by atoms with Crippen LogP contribution in [0.2, 0.25) is 0 Å². The molecule has 0 aliphatic heterocycles. The van der Waals surface area contributed by atoms with E-state index in [1.165, 1.54) is 12.8 Å². The van der Waals surface area contributed by atoms with Crippen LogP contribution < -0.4 is 11.1 Å². The second kappa shape index (κ2) is 6.19. The average molecular weight is 280 g/mol. The van der Waals surface area contributed by atoms with Crippen LogP contribution in [-0.4, -0.2) is 28.6 Å². The molecule has 0 bridgehead atoms. The highest BCUT2D eigenvalue weighted by atomic mass is 32.2. The monoisotopic (exact) mass is 280 g/mol. The van der Waals surface area contributed by atoms with Crippen molar-refractivity contribution in [2.24, 2.45) is 0 Å². The van der Waals surface area contributed by atoms with E-state index in [0.717, 1.165) is 18.1 Å². The number of benzene rings is 1. The van der Waals surface area contributed by atoms with Crippen LogP contribution in [0.1, 0.15) is 36.0 Å². The van der Waals surface area contributed by atoms with Gasteiger partial charge in [0, 0.05) is 11.3 Å². The average Bonchev–Trinajstić information content (AvgIpc) is 2.41. The smallest absolute Gasteiger partial charge is 0.337 e. The fraction of sp³-hybridized carbons (Fsp3) is 0.500. The molecule has 1 saturated carbocycles. The van der Waals surface area contributed by atoms with Crippen LogP contribution in [0.15, 0.2) is 18.2 Å². The van der Waals surface area contributed by atoms with Crippen LogP contribution in [0.4, 0.5) is 11.4 Å². The lowest BCUT2D eigenvalue weighted by Gasteiger charge is -2.29. The van der Waals surface area contributed by atoms with Crippen molar-refractivity contribution in [2.75, 3.05) is 17.3 Å². The molecule has 0 atom stereocenters. The van der Waals surface area contributed by atoms with Gasteiger partial charge in [-0.15, -0.1) is 0 Å². The number of hydrogen-bond donors (Lipinski definition) is 3. The zero-order valence-electron chi connectivity index (χ0n) is 11.1. The predicted octanol–water partition coefficient (Wildman–Crippen LogP) is 3.05. The van der Waals surface area contributed by atoms with Gasteiger partial charge in [0.1, 0.15) is 0 Å². The molecule has 2 rings (SSSR count). The van der Waals surface area contributed by atoms with Crippen molar-refractivity contribution in [1.29, 1.82) is 0 Å². The van der Waals surface area contributed by atoms with Gasteiger partial charge >= 0.3 is 5.97 Å². The lowest BCUT2D eigenvalue weighted by Crippen LogP contribution is -2.28. The molecule has 0 aromatic heterocycles. The maximum Gasteiger partial charge on any atom is 0.337 e. The third kappa shape index (κ3) is 3.35. The topological polar surface area (TPSA) is 75.3 Å². The molecule has 1 aromatic rings. The van der Waals surface area contributed by atoms with E-state index in [1.807, 2.05) is 11.8 Å². The SMILES string of the molecule is CSC1CCC(Nc2c(N)cccc2C(=O)O)CC1. The van der Waals surface area contributed by atoms with Crippen molar-refractivity contribution >= 4 is 29.1 Å². The van der Waals surface area contributed by atoms with Gasteiger partial charge in [0.25, 0.3) is 0 Å². The van der Waals surface area contributed by atoms with Gasteiger partial charge in [-0.2, -0.15) is 11.8 Å². The van der Waals surface area contributed by atoms with E-state index in [1.54, 1.807) is 18.2 Å². The Bertz CT molecular complexity index is 457. The summed E-state index contributed by atoms with van der Waals surface area (Å²) in [6.45, 7) is 0. The number of hydrogen-bond acceptors (Lipinski definition) is 4. The standard InChI is InChI=1S/C14H20N2O2S/c1-19-10-7-5-9(6-8-10)16-13-11(14(17)18)3-2-4-12(13)15/h2-4,9-10,16H,5-8,15H2,1H3,(H,17,18). The van der Waals surface area contributed by atoms with E-state index in [-0.39, 0.29) is 5.56 Å². The van der Waals surface area contributed by atoms with Crippen LogP contribution in [0.5, 0.6) is 0 Å². The highest BCUT2D eigenvalue weighted by Gasteiger charge is 2.22. The first kappa shape index (κ1) is 14.1. The van der Waals surface area contributed by atoms with Crippen LogP contribution >= 0.6 is 11.8 Å². The third-order valence-corrected chi connectivity index (χ3v) is 4.82. The van der Waals surface area contributed by atoms with Gasteiger partial charge in [-0.3, -0.25) is 0 Å². The lowest BCUT2D eigenvalue weighted by atomic mass is 9.94. The van der Waals surface area contributed by atoms with E-state index in [2.05, 4.69) is 11.6 Å². The number of carboxylic acid groups (broad SMARTS) is 1. The van der Waals surface area contributed by atoms with Crippen molar-refractivity contribution in [1.82, 2.24) is 0 Å². The molecule has 1 aromatic carbocycles. The minimum absolute atomic E-state index is 0.256. The number of carbonyl (C=O) groups is 1. The number of carboxylic acids is 1. The summed E-state index contributed by atoms with van der Waals surface area (Å²) in [6, 6.07) is 5.33. The molecule has 0 unspecified atom stereocenters. The summed E-state index contributed by atoms with van der Waals surface area (Å²) in [5.41, 5.74) is 7.23. The minimum atomic E-state index is -0.937. The highest BCUT2D eigenvalue weighted by molar-refractivity contribution is 7.99. The summed E-state index contributed by atoms with van der Waals surface area (Å²) in [5, 5.41) is 13.3. The molecule has 0 amide bonds. The number of nitrogen functional groups attached to an aromatic ring is 1. The van der Waals surface area contributed by atoms with Gasteiger partial charge in [0.2, 0.25) is 0 Å². The van der Waals surface area contributed by atoms with E-state index < -0.39 is 5.97 Å². The van der Waals surface area contributed by atoms with Gasteiger partial charge in [-0.25, -0.2) is 4.79 Å². The Morgan fingerprint density at radius 1 is 1.37 bits per heavy atom. The van der Waals surface area contributed by atoms with Crippen LogP contribution in [0.3, 0.4) is 0 Å². The van der Waals surface area contributed by atoms with Crippen molar-refractivity contribution < 1.29 is 9.90 Å². The quantitative estimate of drug-likeness (QED) is 0.739. The van der Waals surface area contributed by atoms with Gasteiger partial charge < -0.3 is 16.2 Å². The molecule has 1 fully saturated rings. The summed E-state index contributed by atoms with van der Waals surface area (Å²) in [5.74, 6) is -0.937. The van der Waals surface area contributed by atoms with Gasteiger partial charge in [-0.1, -0.05) is 6.07 Å². The summed E-state index contributed by atoms with van der Waals surface area (Å²) in [7, 11) is 0. The van der Waals surface area contributed by atoms with Gasteiger partial charge in [0.15, 0.2) is 0 Å². The van der Waals surface area contributed by atoms with Crippen molar-refractivity contribution in [3.63, 3.8) is 0 Å². The maximum absolute atomic E-state index is 11.2. The summed E-state index contributed by atoms with van der Waals surface area (Å²) < 4.78 is 0. The number of anilines is 2. The Hall–Kier alpha value is -1.36. The Labute approximate surface area is 117 Å². The van der Waals surface area contributed by atoms with Crippen molar-refractivity contribution in [3.05, 3.63) is 23.8 Å². The zero-order chi connectivity index (χ0) is 13.8. The molecule has 4 nitrogen and oxygen atoms in total. The number of rotatable bonds is 4. The van der Waals surface area contributed by atoms with E-state index in [4.69, 9.17) is 5.73 Å². The number of para-hydroxylation sites is 1. The van der Waals surface area contributed by atoms with Crippen LogP contribution in [0, 0.1) is 0 Å². The second-order valence-electron chi connectivity index (χ2n) is 4.93. The molecule has 0 saturated heterocycles. The Kier molecular flexibility index (Phi) is 4.58. The van der Waals surface area contributed by atoms with E-state index in [0.29, 0.717) is 17.4 Å². The number of nitrogens with one attached hydrogen (secondary N) is 1. The summed E-state index contributed by atoms with van der Waals surface area (Å²) in [4.78, 5) is 11.2. The fourth-order valence-corrected chi connectivity index (χ4v) is 3.30. The van der Waals surface area contributed by atoms with E-state index in [9.17, 15) is 9.90 Å². The molecule has 1 aliphatic rings. The Morgan fingerprint density at radius 3 is 2.63 bits per heavy atom. The van der Waals surface area contributed by atoms with Crippen LogP contribution in [-0.2, 0) is 0 Å². The van der Waals surface area contributed by atoms with Crippen molar-refractivity contribution in [3.8, 4) is 0 Å². The molecule has 1 aliphatic carbocycles. The normalized spacial score (nSPS) is 23.0. The molecule has 104 valence electrons. The molecule has 4 N–H and O–H groups in total. The second-order valence-corrected chi connectivity index (χ2v) is 6.07. The highest BCUT2D eigenvalue weighted by Crippen LogP contribution is 2.31. The van der Waals surface area contributed by atoms with Crippen LogP contribution in [0.25, 0.3) is 0 Å². The van der Waals surface area contributed by atoms with Gasteiger partial charge in [0.05, 0.1) is 16.9 Å². The summed E-state index contributed by atoms with van der Waals surface area (Å²) >= 11 is 1.92. The largest absolute Gasteiger partial charge is 0.478 e. The number of nitrogens with two attached hydrogens (primary N) is 1. The first-order chi connectivity index (χ1) is 9.11. The number of aromatic carboxylic acids is 1. The van der Waals surface area contributed by atoms with Gasteiger partial charge in [-0.05, 0) is 44.1 Å². The fourth-order valence-electron chi connectivity index (χ4n) is 2.56. The Morgan fingerprint density at radius 2 is 2.05 bits per heavy atom. The molecule has 0 radical (unpaired) electrons. The molecule has 5 heteroatoms. The zero-order valence-corrected chi connectivity index (χ0v) is 11.9. The lowest BCUT2D eigenvalue weighted by molar-refractivity contribution is 0.0698. The molecule has 0 spiro atoms. The molecular formula is C14H20N2O2S. The minimum Gasteiger partial charge on any atom is -0.478 e. The van der Waals surface area contributed by atoms with Crippen molar-refractivity contribution in [2.45, 2.75) is 37.0 Å². The third-order valence-electron chi connectivity index (χ3n) is 3.68. The molecule has 19 heavy (non-hydrogen) atoms. The Balaban J connectivity index is 2.09. The first-order valence-electron chi connectivity index (χ1n) is 6.53. The summed E-state index contributed by atoms with van der Waals surface area (Å²) in [6.07, 6.45) is 6.63. The first-order valence-corrected chi connectivity index (χ1v) is 7.81. The molecular weight excluding hydrogens is 260 g/mol. The maximum atomic E-state index is 11.2. The number of thioether (sulfide) groups is 1. The molecule has 0 heterocycles. The van der Waals surface area contributed by atoms with E-state index >= 15 is 0 Å².